The fourth-order valence-corrected chi connectivity index (χ4v) is 1.72. The molecule has 0 aliphatic carbocycles. The van der Waals surface area contributed by atoms with Crippen molar-refractivity contribution in [3.63, 3.8) is 0 Å². The molecule has 4 heteroatoms. The van der Waals surface area contributed by atoms with E-state index in [0.717, 1.165) is 19.6 Å². The molecule has 3 atom stereocenters. The van der Waals surface area contributed by atoms with Gasteiger partial charge in [-0.2, -0.15) is 0 Å². The molecule has 1 unspecified atom stereocenters. The summed E-state index contributed by atoms with van der Waals surface area (Å²) in [5.74, 6) is -0.216. The van der Waals surface area contributed by atoms with Crippen molar-refractivity contribution in [2.45, 2.75) is 32.4 Å². The van der Waals surface area contributed by atoms with Gasteiger partial charge in [0.05, 0.1) is 25.7 Å². The van der Waals surface area contributed by atoms with E-state index in [4.69, 9.17) is 4.74 Å². The molecule has 1 heterocycles. The minimum absolute atomic E-state index is 0.0679. The quantitative estimate of drug-likeness (QED) is 0.678. The first-order valence-electron chi connectivity index (χ1n) is 5.08. The summed E-state index contributed by atoms with van der Waals surface area (Å²) in [4.78, 5) is 11.2. The number of rotatable bonds is 3. The Bertz CT molecular complexity index is 196. The van der Waals surface area contributed by atoms with E-state index >= 15 is 0 Å². The number of methoxy groups -OCH3 is 1. The van der Waals surface area contributed by atoms with Crippen LogP contribution in [0.2, 0.25) is 0 Å². The van der Waals surface area contributed by atoms with Crippen LogP contribution in [-0.2, 0) is 14.3 Å². The average molecular weight is 201 g/mol. The Morgan fingerprint density at radius 1 is 1.71 bits per heavy atom. The molecule has 0 radical (unpaired) electrons. The predicted octanol–water partition coefficient (Wildman–Crippen LogP) is 0.562. The van der Waals surface area contributed by atoms with Crippen molar-refractivity contribution >= 4 is 5.97 Å². The maximum Gasteiger partial charge on any atom is 0.308 e. The third-order valence-electron chi connectivity index (χ3n) is 2.67. The van der Waals surface area contributed by atoms with E-state index in [1.807, 2.05) is 13.8 Å². The summed E-state index contributed by atoms with van der Waals surface area (Å²) in [6, 6.07) is 0.262. The van der Waals surface area contributed by atoms with Gasteiger partial charge in [0, 0.05) is 12.6 Å². The molecule has 1 aliphatic rings. The standard InChI is InChI=1S/C10H19NO3/c1-7(10(12)13-3)6-9-8(2)14-5-4-11-9/h7-9,11H,4-6H2,1-3H3/t7?,8-,9-/m1/s1. The van der Waals surface area contributed by atoms with Crippen molar-refractivity contribution in [3.8, 4) is 0 Å². The predicted molar refractivity (Wildman–Crippen MR) is 53.0 cm³/mol. The van der Waals surface area contributed by atoms with Gasteiger partial charge in [-0.15, -0.1) is 0 Å². The van der Waals surface area contributed by atoms with Crippen molar-refractivity contribution < 1.29 is 14.3 Å². The number of ether oxygens (including phenoxy) is 2. The molecule has 0 spiro atoms. The zero-order chi connectivity index (χ0) is 10.6. The summed E-state index contributed by atoms with van der Waals surface area (Å²) in [6.45, 7) is 5.53. The van der Waals surface area contributed by atoms with E-state index in [9.17, 15) is 4.79 Å². The van der Waals surface area contributed by atoms with Crippen molar-refractivity contribution in [3.05, 3.63) is 0 Å². The highest BCUT2D eigenvalue weighted by molar-refractivity contribution is 5.71. The van der Waals surface area contributed by atoms with Crippen LogP contribution in [0.3, 0.4) is 0 Å². The van der Waals surface area contributed by atoms with Gasteiger partial charge in [-0.1, -0.05) is 6.92 Å². The third kappa shape index (κ3) is 2.96. The van der Waals surface area contributed by atoms with Gasteiger partial charge in [0.25, 0.3) is 0 Å². The van der Waals surface area contributed by atoms with E-state index < -0.39 is 0 Å². The molecule has 0 aromatic heterocycles. The number of esters is 1. The molecule has 1 saturated heterocycles. The maximum absolute atomic E-state index is 11.2. The van der Waals surface area contributed by atoms with Crippen LogP contribution in [0.15, 0.2) is 0 Å². The first-order chi connectivity index (χ1) is 6.65. The van der Waals surface area contributed by atoms with Gasteiger partial charge in [0.1, 0.15) is 0 Å². The lowest BCUT2D eigenvalue weighted by atomic mass is 9.97. The summed E-state index contributed by atoms with van der Waals surface area (Å²) in [6.07, 6.45) is 0.948. The van der Waals surface area contributed by atoms with Gasteiger partial charge < -0.3 is 14.8 Å². The summed E-state index contributed by atoms with van der Waals surface area (Å²) in [5, 5.41) is 3.35. The van der Waals surface area contributed by atoms with Crippen LogP contribution in [0.4, 0.5) is 0 Å². The molecular weight excluding hydrogens is 182 g/mol. The maximum atomic E-state index is 11.2. The molecule has 0 aromatic carbocycles. The van der Waals surface area contributed by atoms with Crippen molar-refractivity contribution in [1.82, 2.24) is 5.32 Å². The van der Waals surface area contributed by atoms with Crippen LogP contribution in [0.1, 0.15) is 20.3 Å². The van der Waals surface area contributed by atoms with E-state index in [2.05, 4.69) is 10.1 Å². The van der Waals surface area contributed by atoms with Crippen LogP contribution in [0.5, 0.6) is 0 Å². The largest absolute Gasteiger partial charge is 0.469 e. The summed E-state index contributed by atoms with van der Waals surface area (Å²) in [5.41, 5.74) is 0. The van der Waals surface area contributed by atoms with Crippen molar-refractivity contribution in [1.29, 1.82) is 0 Å². The lowest BCUT2D eigenvalue weighted by Gasteiger charge is -2.31. The number of hydrogen-bond donors (Lipinski definition) is 1. The van der Waals surface area contributed by atoms with E-state index in [0.29, 0.717) is 0 Å². The monoisotopic (exact) mass is 201 g/mol. The summed E-state index contributed by atoms with van der Waals surface area (Å²) >= 11 is 0. The molecule has 0 bridgehead atoms. The van der Waals surface area contributed by atoms with Gasteiger partial charge in [-0.05, 0) is 13.3 Å². The number of morpholine rings is 1. The zero-order valence-corrected chi connectivity index (χ0v) is 9.08. The van der Waals surface area contributed by atoms with Gasteiger partial charge in [-0.25, -0.2) is 0 Å². The minimum Gasteiger partial charge on any atom is -0.469 e. The number of hydrogen-bond acceptors (Lipinski definition) is 4. The highest BCUT2D eigenvalue weighted by Crippen LogP contribution is 2.14. The molecule has 1 N–H and O–H groups in total. The normalized spacial score (nSPS) is 29.6. The second-order valence-corrected chi connectivity index (χ2v) is 3.80. The molecule has 0 saturated carbocycles. The fourth-order valence-electron chi connectivity index (χ4n) is 1.72. The average Bonchev–Trinajstić information content (AvgIpc) is 2.20. The topological polar surface area (TPSA) is 47.6 Å². The van der Waals surface area contributed by atoms with E-state index in [-0.39, 0.29) is 24.0 Å². The SMILES string of the molecule is COC(=O)C(C)C[C@H]1NCCO[C@@H]1C. The van der Waals surface area contributed by atoms with Crippen molar-refractivity contribution in [2.24, 2.45) is 5.92 Å². The number of carbonyl (C=O) groups excluding carboxylic acids is 1. The zero-order valence-electron chi connectivity index (χ0n) is 9.08. The molecule has 1 fully saturated rings. The van der Waals surface area contributed by atoms with Crippen LogP contribution in [-0.4, -0.2) is 38.4 Å². The van der Waals surface area contributed by atoms with Crippen LogP contribution < -0.4 is 5.32 Å². The minimum atomic E-state index is -0.149. The molecule has 14 heavy (non-hydrogen) atoms. The Balaban J connectivity index is 2.38. The summed E-state index contributed by atoms with van der Waals surface area (Å²) in [7, 11) is 1.42. The number of carbonyl (C=O) groups is 1. The Morgan fingerprint density at radius 3 is 3.00 bits per heavy atom. The Hall–Kier alpha value is -0.610. The number of nitrogens with one attached hydrogen (secondary N) is 1. The molecule has 0 amide bonds. The van der Waals surface area contributed by atoms with Gasteiger partial charge in [0.2, 0.25) is 0 Å². The lowest BCUT2D eigenvalue weighted by Crippen LogP contribution is -2.48. The van der Waals surface area contributed by atoms with Gasteiger partial charge in [0.15, 0.2) is 0 Å². The summed E-state index contributed by atoms with van der Waals surface area (Å²) < 4.78 is 10.2. The molecule has 4 nitrogen and oxygen atoms in total. The fraction of sp³-hybridized carbons (Fsp3) is 0.900. The second-order valence-electron chi connectivity index (χ2n) is 3.80. The van der Waals surface area contributed by atoms with Crippen LogP contribution in [0, 0.1) is 5.92 Å². The Morgan fingerprint density at radius 2 is 2.43 bits per heavy atom. The van der Waals surface area contributed by atoms with E-state index in [1.54, 1.807) is 0 Å². The van der Waals surface area contributed by atoms with Gasteiger partial charge >= 0.3 is 5.97 Å². The van der Waals surface area contributed by atoms with Gasteiger partial charge in [-0.3, -0.25) is 4.79 Å². The second kappa shape index (κ2) is 5.32. The molecule has 1 rings (SSSR count). The third-order valence-corrected chi connectivity index (χ3v) is 2.67. The molecule has 0 aromatic rings. The molecular formula is C10H19NO3. The molecule has 1 aliphatic heterocycles. The van der Waals surface area contributed by atoms with Crippen molar-refractivity contribution in [2.75, 3.05) is 20.3 Å². The first-order valence-corrected chi connectivity index (χ1v) is 5.08. The lowest BCUT2D eigenvalue weighted by molar-refractivity contribution is -0.145. The smallest absolute Gasteiger partial charge is 0.308 e. The Kier molecular flexibility index (Phi) is 4.35. The van der Waals surface area contributed by atoms with Crippen LogP contribution in [0.25, 0.3) is 0 Å². The Labute approximate surface area is 85.0 Å². The highest BCUT2D eigenvalue weighted by atomic mass is 16.5. The van der Waals surface area contributed by atoms with E-state index in [1.165, 1.54) is 7.11 Å². The van der Waals surface area contributed by atoms with Crippen LogP contribution >= 0.6 is 0 Å². The highest BCUT2D eigenvalue weighted by Gasteiger charge is 2.26. The molecule has 82 valence electrons. The first kappa shape index (κ1) is 11.5.